The first-order valence-corrected chi connectivity index (χ1v) is 6.01. The van der Waals surface area contributed by atoms with Crippen LogP contribution in [-0.4, -0.2) is 33.4 Å². The highest BCUT2D eigenvalue weighted by Crippen LogP contribution is 2.24. The number of carbonyl (C=O) groups excluding carboxylic acids is 1. The summed E-state index contributed by atoms with van der Waals surface area (Å²) in [5, 5.41) is 9.90. The second-order valence-corrected chi connectivity index (χ2v) is 4.67. The molecule has 0 aromatic carbocycles. The maximum atomic E-state index is 11.3. The number of hydrogen-bond donors (Lipinski definition) is 1. The first-order valence-electron chi connectivity index (χ1n) is 6.01. The SMILES string of the molecule is CC(=O)N(C)C(C)Cc1ccn2cccc(O)c12. The Balaban J connectivity index is 2.30. The van der Waals surface area contributed by atoms with Crippen molar-refractivity contribution in [1.82, 2.24) is 9.30 Å². The van der Waals surface area contributed by atoms with Gasteiger partial charge in [-0.3, -0.25) is 4.79 Å². The summed E-state index contributed by atoms with van der Waals surface area (Å²) in [6.45, 7) is 3.57. The number of pyridine rings is 1. The predicted molar refractivity (Wildman–Crippen MR) is 70.7 cm³/mol. The number of amides is 1. The van der Waals surface area contributed by atoms with Crippen LogP contribution in [0.25, 0.3) is 5.52 Å². The molecule has 2 rings (SSSR count). The fourth-order valence-corrected chi connectivity index (χ4v) is 2.15. The van der Waals surface area contributed by atoms with Gasteiger partial charge < -0.3 is 14.4 Å². The number of fused-ring (bicyclic) bond motifs is 1. The van der Waals surface area contributed by atoms with Crippen molar-refractivity contribution in [1.29, 1.82) is 0 Å². The molecule has 0 fully saturated rings. The van der Waals surface area contributed by atoms with Crippen LogP contribution >= 0.6 is 0 Å². The second-order valence-electron chi connectivity index (χ2n) is 4.67. The van der Waals surface area contributed by atoms with Crippen molar-refractivity contribution < 1.29 is 9.90 Å². The van der Waals surface area contributed by atoms with E-state index in [1.807, 2.05) is 29.8 Å². The zero-order valence-corrected chi connectivity index (χ0v) is 10.9. The van der Waals surface area contributed by atoms with E-state index in [0.717, 1.165) is 17.5 Å². The van der Waals surface area contributed by atoms with E-state index in [2.05, 4.69) is 0 Å². The van der Waals surface area contributed by atoms with Crippen LogP contribution in [0.4, 0.5) is 0 Å². The van der Waals surface area contributed by atoms with Crippen molar-refractivity contribution >= 4 is 11.4 Å². The van der Waals surface area contributed by atoms with Crippen molar-refractivity contribution in [2.45, 2.75) is 26.3 Å². The van der Waals surface area contributed by atoms with E-state index in [1.165, 1.54) is 0 Å². The molecule has 0 aliphatic carbocycles. The lowest BCUT2D eigenvalue weighted by atomic mass is 10.1. The lowest BCUT2D eigenvalue weighted by Gasteiger charge is -2.23. The van der Waals surface area contributed by atoms with Gasteiger partial charge in [0.25, 0.3) is 0 Å². The van der Waals surface area contributed by atoms with Crippen LogP contribution in [0.1, 0.15) is 19.4 Å². The summed E-state index contributed by atoms with van der Waals surface area (Å²) in [5.41, 5.74) is 1.87. The van der Waals surface area contributed by atoms with E-state index < -0.39 is 0 Å². The van der Waals surface area contributed by atoms with E-state index >= 15 is 0 Å². The van der Waals surface area contributed by atoms with Crippen molar-refractivity contribution in [3.05, 3.63) is 36.2 Å². The van der Waals surface area contributed by atoms with Crippen LogP contribution in [0.3, 0.4) is 0 Å². The molecule has 0 radical (unpaired) electrons. The van der Waals surface area contributed by atoms with Gasteiger partial charge in [0.2, 0.25) is 5.91 Å². The van der Waals surface area contributed by atoms with Crippen LogP contribution < -0.4 is 0 Å². The number of aromatic nitrogens is 1. The maximum Gasteiger partial charge on any atom is 0.219 e. The number of aromatic hydroxyl groups is 1. The third-order valence-corrected chi connectivity index (χ3v) is 3.42. The molecule has 1 amide bonds. The van der Waals surface area contributed by atoms with E-state index in [1.54, 1.807) is 31.0 Å². The predicted octanol–water partition coefficient (Wildman–Crippen LogP) is 2.05. The molecule has 0 bridgehead atoms. The summed E-state index contributed by atoms with van der Waals surface area (Å²) < 4.78 is 1.89. The van der Waals surface area contributed by atoms with E-state index in [-0.39, 0.29) is 17.7 Å². The van der Waals surface area contributed by atoms with Crippen LogP contribution in [-0.2, 0) is 11.2 Å². The number of likely N-dealkylation sites (N-methyl/N-ethyl adjacent to an activating group) is 1. The lowest BCUT2D eigenvalue weighted by Crippen LogP contribution is -2.34. The molecule has 0 saturated heterocycles. The zero-order valence-electron chi connectivity index (χ0n) is 10.9. The highest BCUT2D eigenvalue weighted by atomic mass is 16.3. The fraction of sp³-hybridized carbons (Fsp3) is 0.357. The number of rotatable bonds is 3. The average molecular weight is 246 g/mol. The van der Waals surface area contributed by atoms with Crippen LogP contribution in [0.15, 0.2) is 30.6 Å². The molecule has 0 spiro atoms. The summed E-state index contributed by atoms with van der Waals surface area (Å²) >= 11 is 0. The Bertz CT molecular complexity index is 574. The van der Waals surface area contributed by atoms with Gasteiger partial charge in [-0.05, 0) is 37.1 Å². The van der Waals surface area contributed by atoms with Gasteiger partial charge in [0.05, 0.1) is 5.52 Å². The van der Waals surface area contributed by atoms with Gasteiger partial charge in [-0.2, -0.15) is 0 Å². The average Bonchev–Trinajstić information content (AvgIpc) is 2.72. The third kappa shape index (κ3) is 2.18. The Morgan fingerprint density at radius 1 is 1.44 bits per heavy atom. The molecule has 4 nitrogen and oxygen atoms in total. The smallest absolute Gasteiger partial charge is 0.219 e. The Labute approximate surface area is 106 Å². The molecule has 1 atom stereocenters. The highest BCUT2D eigenvalue weighted by molar-refractivity contribution is 5.73. The molecular weight excluding hydrogens is 228 g/mol. The number of carbonyl (C=O) groups is 1. The van der Waals surface area contributed by atoms with Gasteiger partial charge in [0.1, 0.15) is 5.75 Å². The maximum absolute atomic E-state index is 11.3. The van der Waals surface area contributed by atoms with Gasteiger partial charge in [0, 0.05) is 32.4 Å². The molecule has 2 aromatic heterocycles. The first-order chi connectivity index (χ1) is 8.50. The lowest BCUT2D eigenvalue weighted by molar-refractivity contribution is -0.129. The van der Waals surface area contributed by atoms with Crippen molar-refractivity contribution in [2.75, 3.05) is 7.05 Å². The van der Waals surface area contributed by atoms with Crippen molar-refractivity contribution in [3.8, 4) is 5.75 Å². The first kappa shape index (κ1) is 12.5. The minimum Gasteiger partial charge on any atom is -0.506 e. The molecule has 1 N–H and O–H groups in total. The molecule has 0 saturated carbocycles. The highest BCUT2D eigenvalue weighted by Gasteiger charge is 2.15. The van der Waals surface area contributed by atoms with Crippen LogP contribution in [0.2, 0.25) is 0 Å². The van der Waals surface area contributed by atoms with E-state index in [0.29, 0.717) is 0 Å². The molecule has 96 valence electrons. The second kappa shape index (κ2) is 4.72. The quantitative estimate of drug-likeness (QED) is 0.901. The van der Waals surface area contributed by atoms with Gasteiger partial charge in [-0.1, -0.05) is 0 Å². The topological polar surface area (TPSA) is 45.0 Å². The summed E-state index contributed by atoms with van der Waals surface area (Å²) in [6, 6.07) is 5.57. The molecule has 2 heterocycles. The summed E-state index contributed by atoms with van der Waals surface area (Å²) in [7, 11) is 1.80. The molecule has 1 unspecified atom stereocenters. The Morgan fingerprint density at radius 2 is 2.17 bits per heavy atom. The molecule has 4 heteroatoms. The van der Waals surface area contributed by atoms with Gasteiger partial charge in [-0.25, -0.2) is 0 Å². The summed E-state index contributed by atoms with van der Waals surface area (Å²) in [4.78, 5) is 13.0. The van der Waals surface area contributed by atoms with Crippen molar-refractivity contribution in [2.24, 2.45) is 0 Å². The summed E-state index contributed by atoms with van der Waals surface area (Å²) in [5.74, 6) is 0.324. The zero-order chi connectivity index (χ0) is 13.3. The Kier molecular flexibility index (Phi) is 3.28. The Morgan fingerprint density at radius 3 is 2.83 bits per heavy atom. The monoisotopic (exact) mass is 246 g/mol. The molecule has 2 aromatic rings. The minimum atomic E-state index is 0.0511. The van der Waals surface area contributed by atoms with E-state index in [9.17, 15) is 9.90 Å². The van der Waals surface area contributed by atoms with Gasteiger partial charge in [-0.15, -0.1) is 0 Å². The van der Waals surface area contributed by atoms with Gasteiger partial charge >= 0.3 is 0 Å². The van der Waals surface area contributed by atoms with Crippen LogP contribution in [0.5, 0.6) is 5.75 Å². The Hall–Kier alpha value is -1.97. The molecular formula is C14H18N2O2. The number of hydrogen-bond acceptors (Lipinski definition) is 2. The van der Waals surface area contributed by atoms with Crippen molar-refractivity contribution in [3.63, 3.8) is 0 Å². The normalized spacial score (nSPS) is 12.6. The molecule has 0 aliphatic rings. The minimum absolute atomic E-state index is 0.0511. The van der Waals surface area contributed by atoms with Gasteiger partial charge in [0.15, 0.2) is 0 Å². The van der Waals surface area contributed by atoms with Crippen LogP contribution in [0, 0.1) is 0 Å². The largest absolute Gasteiger partial charge is 0.506 e. The molecule has 18 heavy (non-hydrogen) atoms. The summed E-state index contributed by atoms with van der Waals surface area (Å²) in [6.07, 6.45) is 4.55. The van der Waals surface area contributed by atoms with E-state index in [4.69, 9.17) is 0 Å². The fourth-order valence-electron chi connectivity index (χ4n) is 2.15. The standard InChI is InChI=1S/C14H18N2O2/c1-10(15(3)11(2)17)9-12-6-8-16-7-4-5-13(18)14(12)16/h4-8,10,18H,9H2,1-3H3. The molecule has 0 aliphatic heterocycles. The number of nitrogens with zero attached hydrogens (tertiary/aromatic N) is 2. The third-order valence-electron chi connectivity index (χ3n) is 3.42.